The largest absolute Gasteiger partial charge is 0.281 e. The fraction of sp³-hybridized carbons (Fsp3) is 0.184. The van der Waals surface area contributed by atoms with Gasteiger partial charge in [-0.05, 0) is 69.0 Å². The minimum atomic E-state index is 0.251. The summed E-state index contributed by atoms with van der Waals surface area (Å²) in [7, 11) is 0. The van der Waals surface area contributed by atoms with E-state index in [4.69, 9.17) is 4.99 Å². The molecule has 1 nitrogen and oxygen atoms in total. The van der Waals surface area contributed by atoms with Gasteiger partial charge in [-0.1, -0.05) is 143 Å². The Hall–Kier alpha value is -4.23. The van der Waals surface area contributed by atoms with Gasteiger partial charge in [0, 0.05) is 5.57 Å². The summed E-state index contributed by atoms with van der Waals surface area (Å²) in [5.41, 5.74) is 11.5. The number of hydrogen-bond acceptors (Lipinski definition) is 1. The molecule has 0 aromatic heterocycles. The zero-order chi connectivity index (χ0) is 27.2. The van der Waals surface area contributed by atoms with Crippen LogP contribution in [0.2, 0.25) is 0 Å². The quantitative estimate of drug-likeness (QED) is 0.225. The summed E-state index contributed by atoms with van der Waals surface area (Å²) >= 11 is 0. The van der Waals surface area contributed by atoms with Crippen molar-refractivity contribution in [2.45, 2.75) is 39.7 Å². The Balaban J connectivity index is 1.72. The van der Waals surface area contributed by atoms with Crippen LogP contribution in [0.4, 0.5) is 0 Å². The molecule has 0 saturated carbocycles. The fourth-order valence-electron chi connectivity index (χ4n) is 5.46. The predicted molar refractivity (Wildman–Crippen MR) is 170 cm³/mol. The van der Waals surface area contributed by atoms with Gasteiger partial charge in [-0.3, -0.25) is 4.99 Å². The van der Waals surface area contributed by atoms with E-state index in [0.29, 0.717) is 5.92 Å². The van der Waals surface area contributed by atoms with Crippen LogP contribution in [0.3, 0.4) is 0 Å². The van der Waals surface area contributed by atoms with Crippen molar-refractivity contribution in [1.82, 2.24) is 0 Å². The first-order valence-electron chi connectivity index (χ1n) is 14.1. The molecule has 1 aliphatic rings. The van der Waals surface area contributed by atoms with Gasteiger partial charge in [0.15, 0.2) is 0 Å². The molecule has 0 heterocycles. The van der Waals surface area contributed by atoms with E-state index >= 15 is 0 Å². The first-order valence-corrected chi connectivity index (χ1v) is 14.1. The standard InChI is InChI=1S/C38H37N/c1-5-27(3)37(6-2)39-38-28(4)25-31(34-23-14-13-21-32(34)29-17-9-7-10-18-29)26-36(38)35-24-16-15-22-33(35)30-19-11-8-12-20-30/h7-27,37H,4-6H2,1-3H3/t27-,37-/m1/s1. The van der Waals surface area contributed by atoms with E-state index in [-0.39, 0.29) is 6.04 Å². The molecule has 2 atom stereocenters. The van der Waals surface area contributed by atoms with E-state index in [2.05, 4.69) is 149 Å². The van der Waals surface area contributed by atoms with Crippen LogP contribution in [0, 0.1) is 5.92 Å². The molecule has 0 saturated heterocycles. The first kappa shape index (κ1) is 26.4. The van der Waals surface area contributed by atoms with Crippen LogP contribution in [-0.4, -0.2) is 11.8 Å². The summed E-state index contributed by atoms with van der Waals surface area (Å²) in [5, 5.41) is 0. The van der Waals surface area contributed by atoms with Gasteiger partial charge in [0.1, 0.15) is 0 Å². The van der Waals surface area contributed by atoms with Gasteiger partial charge >= 0.3 is 0 Å². The minimum absolute atomic E-state index is 0.251. The molecule has 194 valence electrons. The van der Waals surface area contributed by atoms with E-state index in [1.165, 1.54) is 33.4 Å². The van der Waals surface area contributed by atoms with E-state index in [0.717, 1.165) is 35.3 Å². The molecular formula is C38H37N. The molecule has 5 rings (SSSR count). The molecule has 4 aromatic carbocycles. The Morgan fingerprint density at radius 3 is 1.62 bits per heavy atom. The molecule has 0 unspecified atom stereocenters. The normalized spacial score (nSPS) is 16.0. The van der Waals surface area contributed by atoms with Crippen molar-refractivity contribution in [3.05, 3.63) is 145 Å². The van der Waals surface area contributed by atoms with Crippen molar-refractivity contribution < 1.29 is 0 Å². The highest BCUT2D eigenvalue weighted by molar-refractivity contribution is 6.36. The van der Waals surface area contributed by atoms with Gasteiger partial charge in [0.05, 0.1) is 11.8 Å². The highest BCUT2D eigenvalue weighted by atomic mass is 14.8. The van der Waals surface area contributed by atoms with Crippen molar-refractivity contribution >= 4 is 16.9 Å². The smallest absolute Gasteiger partial charge is 0.0723 e. The highest BCUT2D eigenvalue weighted by Gasteiger charge is 2.24. The molecule has 0 bridgehead atoms. The van der Waals surface area contributed by atoms with Crippen LogP contribution in [0.5, 0.6) is 0 Å². The number of nitrogens with zero attached hydrogens (tertiary/aromatic N) is 1. The highest BCUT2D eigenvalue weighted by Crippen LogP contribution is 2.39. The summed E-state index contributed by atoms with van der Waals surface area (Å²) in [6.07, 6.45) is 6.67. The van der Waals surface area contributed by atoms with Crippen LogP contribution in [0.1, 0.15) is 44.7 Å². The molecule has 1 heteroatoms. The fourth-order valence-corrected chi connectivity index (χ4v) is 5.46. The second-order valence-electron chi connectivity index (χ2n) is 10.3. The van der Waals surface area contributed by atoms with Gasteiger partial charge in [-0.15, -0.1) is 0 Å². The molecule has 0 amide bonds. The third-order valence-electron chi connectivity index (χ3n) is 7.83. The number of allylic oxidation sites excluding steroid dienone is 5. The summed E-state index contributed by atoms with van der Waals surface area (Å²) in [5.74, 6) is 0.505. The average Bonchev–Trinajstić information content (AvgIpc) is 3.00. The van der Waals surface area contributed by atoms with E-state index in [1.54, 1.807) is 0 Å². The summed E-state index contributed by atoms with van der Waals surface area (Å²) < 4.78 is 0. The van der Waals surface area contributed by atoms with Crippen LogP contribution < -0.4 is 0 Å². The zero-order valence-corrected chi connectivity index (χ0v) is 23.3. The Morgan fingerprint density at radius 2 is 1.08 bits per heavy atom. The van der Waals surface area contributed by atoms with Crippen molar-refractivity contribution in [3.8, 4) is 22.3 Å². The Morgan fingerprint density at radius 1 is 0.590 bits per heavy atom. The Bertz CT molecular complexity index is 1540. The van der Waals surface area contributed by atoms with Crippen LogP contribution in [0.25, 0.3) is 33.4 Å². The molecule has 1 aliphatic carbocycles. The third kappa shape index (κ3) is 5.64. The summed E-state index contributed by atoms with van der Waals surface area (Å²) in [6.45, 7) is 11.4. The van der Waals surface area contributed by atoms with Gasteiger partial charge in [0.2, 0.25) is 0 Å². The second-order valence-corrected chi connectivity index (χ2v) is 10.3. The molecule has 0 N–H and O–H groups in total. The molecule has 0 spiro atoms. The van der Waals surface area contributed by atoms with Crippen LogP contribution in [0.15, 0.2) is 138 Å². The van der Waals surface area contributed by atoms with Crippen molar-refractivity contribution in [2.24, 2.45) is 10.9 Å². The molecule has 4 aromatic rings. The molecular weight excluding hydrogens is 470 g/mol. The van der Waals surface area contributed by atoms with Crippen LogP contribution in [-0.2, 0) is 0 Å². The van der Waals surface area contributed by atoms with Crippen molar-refractivity contribution in [3.63, 3.8) is 0 Å². The van der Waals surface area contributed by atoms with E-state index in [9.17, 15) is 0 Å². The molecule has 0 fully saturated rings. The van der Waals surface area contributed by atoms with E-state index < -0.39 is 0 Å². The second kappa shape index (κ2) is 12.1. The third-order valence-corrected chi connectivity index (χ3v) is 7.83. The maximum atomic E-state index is 5.41. The lowest BCUT2D eigenvalue weighted by Gasteiger charge is -2.25. The molecule has 39 heavy (non-hydrogen) atoms. The molecule has 0 aliphatic heterocycles. The molecule has 0 radical (unpaired) electrons. The Labute approximate surface area is 234 Å². The number of aliphatic imine (C=N–C) groups is 1. The predicted octanol–water partition coefficient (Wildman–Crippen LogP) is 10.3. The minimum Gasteiger partial charge on any atom is -0.281 e. The SMILES string of the molecule is C=C1C=C(c2ccccc2-c2ccccc2)C=C(c2ccccc2-c2ccccc2)C1=N[C@H](CC)[C@H](C)CC. The monoisotopic (exact) mass is 507 g/mol. The lowest BCUT2D eigenvalue weighted by Crippen LogP contribution is -2.19. The van der Waals surface area contributed by atoms with Crippen LogP contribution >= 0.6 is 0 Å². The maximum Gasteiger partial charge on any atom is 0.0723 e. The van der Waals surface area contributed by atoms with Gasteiger partial charge < -0.3 is 0 Å². The number of benzene rings is 4. The summed E-state index contributed by atoms with van der Waals surface area (Å²) in [6, 6.07) is 38.9. The van der Waals surface area contributed by atoms with Crippen molar-refractivity contribution in [1.29, 1.82) is 0 Å². The maximum absolute atomic E-state index is 5.41. The van der Waals surface area contributed by atoms with Gasteiger partial charge in [-0.2, -0.15) is 0 Å². The topological polar surface area (TPSA) is 12.4 Å². The lowest BCUT2D eigenvalue weighted by molar-refractivity contribution is 0.435. The van der Waals surface area contributed by atoms with Crippen molar-refractivity contribution in [2.75, 3.05) is 0 Å². The summed E-state index contributed by atoms with van der Waals surface area (Å²) in [4.78, 5) is 5.41. The van der Waals surface area contributed by atoms with Gasteiger partial charge in [-0.25, -0.2) is 0 Å². The Kier molecular flexibility index (Phi) is 8.18. The number of rotatable bonds is 8. The zero-order valence-electron chi connectivity index (χ0n) is 23.3. The number of hydrogen-bond donors (Lipinski definition) is 0. The first-order chi connectivity index (χ1) is 19.1. The average molecular weight is 508 g/mol. The van der Waals surface area contributed by atoms with Gasteiger partial charge in [0.25, 0.3) is 0 Å². The lowest BCUT2D eigenvalue weighted by atomic mass is 9.82. The van der Waals surface area contributed by atoms with E-state index in [1.807, 2.05) is 0 Å².